The molecule has 0 spiro atoms. The van der Waals surface area contributed by atoms with E-state index in [1.807, 2.05) is 41.3 Å². The summed E-state index contributed by atoms with van der Waals surface area (Å²) in [5.74, 6) is 2.40. The van der Waals surface area contributed by atoms with E-state index >= 15 is 0 Å². The summed E-state index contributed by atoms with van der Waals surface area (Å²) < 4.78 is 10.5. The van der Waals surface area contributed by atoms with Crippen LogP contribution < -0.4 is 4.74 Å². The van der Waals surface area contributed by atoms with Crippen LogP contribution in [-0.4, -0.2) is 36.0 Å². The molecule has 1 fully saturated rings. The average molecular weight is 390 g/mol. The fraction of sp³-hybridized carbons (Fsp3) is 0.333. The second-order valence-corrected chi connectivity index (χ2v) is 7.57. The Morgan fingerprint density at radius 1 is 1.10 bits per heavy atom. The number of benzene rings is 2. The van der Waals surface area contributed by atoms with Gasteiger partial charge in [0.2, 0.25) is 0 Å². The summed E-state index contributed by atoms with van der Waals surface area (Å²) in [6, 6.07) is 15.9. The fourth-order valence-electron chi connectivity index (χ4n) is 3.91. The van der Waals surface area contributed by atoms with Gasteiger partial charge in [0.25, 0.3) is 5.91 Å². The first kappa shape index (κ1) is 19.2. The highest BCUT2D eigenvalue weighted by Gasteiger charge is 2.23. The number of hydrogen-bond acceptors (Lipinski definition) is 4. The maximum Gasteiger partial charge on any atom is 0.253 e. The number of amides is 1. The molecule has 29 heavy (non-hydrogen) atoms. The molecule has 0 saturated carbocycles. The molecule has 0 unspecified atom stereocenters. The Bertz CT molecular complexity index is 910. The van der Waals surface area contributed by atoms with Gasteiger partial charge in [-0.3, -0.25) is 4.79 Å². The van der Waals surface area contributed by atoms with E-state index in [1.54, 1.807) is 13.3 Å². The molecule has 4 rings (SSSR count). The zero-order valence-electron chi connectivity index (χ0n) is 16.7. The van der Waals surface area contributed by atoms with Gasteiger partial charge in [0.15, 0.2) is 12.2 Å². The van der Waals surface area contributed by atoms with Gasteiger partial charge in [-0.05, 0) is 61.4 Å². The SMILES string of the molecule is COc1ccc(CCC2CCN(C(=O)c3ccc(-c4cnco4)cc3)CC2)cc1. The number of hydrogen-bond donors (Lipinski definition) is 0. The van der Waals surface area contributed by atoms with Crippen molar-refractivity contribution in [3.05, 3.63) is 72.2 Å². The number of piperidine rings is 1. The van der Waals surface area contributed by atoms with Crippen LogP contribution in [0.3, 0.4) is 0 Å². The number of ether oxygens (including phenoxy) is 1. The number of aryl methyl sites for hydroxylation is 1. The lowest BCUT2D eigenvalue weighted by Gasteiger charge is -2.32. The van der Waals surface area contributed by atoms with Crippen LogP contribution in [0.5, 0.6) is 5.75 Å². The summed E-state index contributed by atoms with van der Waals surface area (Å²) in [6.07, 6.45) is 7.46. The normalized spacial score (nSPS) is 14.7. The molecule has 3 aromatic rings. The van der Waals surface area contributed by atoms with Crippen molar-refractivity contribution in [2.24, 2.45) is 5.92 Å². The minimum absolute atomic E-state index is 0.114. The Kier molecular flexibility index (Phi) is 5.94. The first-order valence-corrected chi connectivity index (χ1v) is 10.1. The number of carbonyl (C=O) groups is 1. The summed E-state index contributed by atoms with van der Waals surface area (Å²) >= 11 is 0. The third-order valence-corrected chi connectivity index (χ3v) is 5.75. The molecule has 5 heteroatoms. The second-order valence-electron chi connectivity index (χ2n) is 7.57. The number of carbonyl (C=O) groups excluding carboxylic acids is 1. The highest BCUT2D eigenvalue weighted by molar-refractivity contribution is 5.94. The minimum atomic E-state index is 0.114. The zero-order chi connectivity index (χ0) is 20.1. The van der Waals surface area contributed by atoms with Gasteiger partial charge in [0.1, 0.15) is 5.75 Å². The number of aromatic nitrogens is 1. The van der Waals surface area contributed by atoms with Crippen LogP contribution in [0.1, 0.15) is 35.2 Å². The molecule has 1 aliphatic rings. The molecule has 0 bridgehead atoms. The van der Waals surface area contributed by atoms with Crippen LogP contribution in [0, 0.1) is 5.92 Å². The molecule has 150 valence electrons. The van der Waals surface area contributed by atoms with Crippen molar-refractivity contribution in [1.29, 1.82) is 0 Å². The van der Waals surface area contributed by atoms with Gasteiger partial charge >= 0.3 is 0 Å². The number of rotatable bonds is 6. The Labute approximate surface area is 171 Å². The van der Waals surface area contributed by atoms with Gasteiger partial charge in [-0.2, -0.15) is 0 Å². The topological polar surface area (TPSA) is 55.6 Å². The largest absolute Gasteiger partial charge is 0.497 e. The lowest BCUT2D eigenvalue weighted by atomic mass is 9.90. The molecular formula is C24H26N2O3. The summed E-state index contributed by atoms with van der Waals surface area (Å²) in [4.78, 5) is 18.7. The summed E-state index contributed by atoms with van der Waals surface area (Å²) in [5.41, 5.74) is 3.00. The van der Waals surface area contributed by atoms with Gasteiger partial charge in [0, 0.05) is 24.2 Å². The lowest BCUT2D eigenvalue weighted by molar-refractivity contribution is 0.0687. The number of nitrogens with zero attached hydrogens (tertiary/aromatic N) is 2. The van der Waals surface area contributed by atoms with Crippen LogP contribution in [-0.2, 0) is 6.42 Å². The molecule has 0 N–H and O–H groups in total. The van der Waals surface area contributed by atoms with Gasteiger partial charge < -0.3 is 14.1 Å². The van der Waals surface area contributed by atoms with E-state index in [2.05, 4.69) is 17.1 Å². The molecule has 1 saturated heterocycles. The van der Waals surface area contributed by atoms with E-state index in [1.165, 1.54) is 18.4 Å². The number of likely N-dealkylation sites (tertiary alicyclic amines) is 1. The number of oxazole rings is 1. The third-order valence-electron chi connectivity index (χ3n) is 5.75. The minimum Gasteiger partial charge on any atom is -0.497 e. The van der Waals surface area contributed by atoms with E-state index in [0.717, 1.165) is 49.2 Å². The predicted octanol–water partition coefficient (Wildman–Crippen LogP) is 4.84. The Morgan fingerprint density at radius 3 is 2.45 bits per heavy atom. The molecule has 1 amide bonds. The lowest BCUT2D eigenvalue weighted by Crippen LogP contribution is -2.38. The molecule has 0 aliphatic carbocycles. The highest BCUT2D eigenvalue weighted by Crippen LogP contribution is 2.25. The van der Waals surface area contributed by atoms with Crippen LogP contribution >= 0.6 is 0 Å². The van der Waals surface area contributed by atoms with E-state index < -0.39 is 0 Å². The van der Waals surface area contributed by atoms with Gasteiger partial charge in [0.05, 0.1) is 13.3 Å². The van der Waals surface area contributed by atoms with Crippen LogP contribution in [0.2, 0.25) is 0 Å². The molecule has 2 aromatic carbocycles. The first-order valence-electron chi connectivity index (χ1n) is 10.1. The van der Waals surface area contributed by atoms with Crippen molar-refractivity contribution in [2.75, 3.05) is 20.2 Å². The molecule has 2 heterocycles. The predicted molar refractivity (Wildman–Crippen MR) is 112 cm³/mol. The van der Waals surface area contributed by atoms with Crippen molar-refractivity contribution in [1.82, 2.24) is 9.88 Å². The van der Waals surface area contributed by atoms with E-state index in [-0.39, 0.29) is 5.91 Å². The summed E-state index contributed by atoms with van der Waals surface area (Å²) in [6.45, 7) is 1.66. The first-order chi connectivity index (χ1) is 14.2. The number of methoxy groups -OCH3 is 1. The molecular weight excluding hydrogens is 364 g/mol. The van der Waals surface area contributed by atoms with Gasteiger partial charge in [-0.15, -0.1) is 0 Å². The zero-order valence-corrected chi connectivity index (χ0v) is 16.7. The fourth-order valence-corrected chi connectivity index (χ4v) is 3.91. The Balaban J connectivity index is 1.27. The molecule has 1 aromatic heterocycles. The summed E-state index contributed by atoms with van der Waals surface area (Å²) in [5, 5.41) is 0. The van der Waals surface area contributed by atoms with Gasteiger partial charge in [-0.25, -0.2) is 4.98 Å². The molecule has 1 aliphatic heterocycles. The third kappa shape index (κ3) is 4.67. The Morgan fingerprint density at radius 2 is 1.83 bits per heavy atom. The average Bonchev–Trinajstić information content (AvgIpc) is 3.33. The molecule has 0 atom stereocenters. The molecule has 5 nitrogen and oxygen atoms in total. The van der Waals surface area contributed by atoms with Crippen molar-refractivity contribution in [3.63, 3.8) is 0 Å². The van der Waals surface area contributed by atoms with Gasteiger partial charge in [-0.1, -0.05) is 24.3 Å². The van der Waals surface area contributed by atoms with E-state index in [9.17, 15) is 4.79 Å². The van der Waals surface area contributed by atoms with E-state index in [0.29, 0.717) is 11.7 Å². The highest BCUT2D eigenvalue weighted by atomic mass is 16.5. The summed E-state index contributed by atoms with van der Waals surface area (Å²) in [7, 11) is 1.69. The van der Waals surface area contributed by atoms with Crippen LogP contribution in [0.4, 0.5) is 0 Å². The van der Waals surface area contributed by atoms with Crippen molar-refractivity contribution in [3.8, 4) is 17.1 Å². The second kappa shape index (κ2) is 8.95. The smallest absolute Gasteiger partial charge is 0.253 e. The van der Waals surface area contributed by atoms with Crippen LogP contribution in [0.15, 0.2) is 65.5 Å². The Hall–Kier alpha value is -3.08. The quantitative estimate of drug-likeness (QED) is 0.605. The van der Waals surface area contributed by atoms with Crippen molar-refractivity contribution >= 4 is 5.91 Å². The monoisotopic (exact) mass is 390 g/mol. The standard InChI is InChI=1S/C24H26N2O3/c1-28-22-10-4-18(5-11-22)2-3-19-12-14-26(15-13-19)24(27)21-8-6-20(7-9-21)23-16-25-17-29-23/h4-11,16-17,19H,2-3,12-15H2,1H3. The molecule has 0 radical (unpaired) electrons. The van der Waals surface area contributed by atoms with Crippen molar-refractivity contribution in [2.45, 2.75) is 25.7 Å². The maximum absolute atomic E-state index is 12.8. The van der Waals surface area contributed by atoms with Crippen LogP contribution in [0.25, 0.3) is 11.3 Å². The van der Waals surface area contributed by atoms with E-state index in [4.69, 9.17) is 9.15 Å². The maximum atomic E-state index is 12.8. The van der Waals surface area contributed by atoms with Crippen molar-refractivity contribution < 1.29 is 13.9 Å².